The summed E-state index contributed by atoms with van der Waals surface area (Å²) in [5.74, 6) is 0.717. The summed E-state index contributed by atoms with van der Waals surface area (Å²) in [6.07, 6.45) is 8.90. The summed E-state index contributed by atoms with van der Waals surface area (Å²) in [6, 6.07) is 5.53. The molecule has 3 heterocycles. The van der Waals surface area contributed by atoms with Gasteiger partial charge in [-0.2, -0.15) is 0 Å². The molecule has 0 spiro atoms. The van der Waals surface area contributed by atoms with E-state index in [1.807, 2.05) is 12.1 Å². The Morgan fingerprint density at radius 3 is 2.91 bits per heavy atom. The minimum Gasteiger partial charge on any atom is -0.339 e. The molecule has 0 aliphatic carbocycles. The number of pyridine rings is 1. The largest absolute Gasteiger partial charge is 0.339 e. The smallest absolute Gasteiger partial charge is 0.315 e. The molecule has 7 heteroatoms. The molecule has 2 N–H and O–H groups in total. The maximum Gasteiger partial charge on any atom is 0.315 e. The van der Waals surface area contributed by atoms with Gasteiger partial charge < -0.3 is 15.5 Å². The number of rotatable bonds is 4. The quantitative estimate of drug-likeness (QED) is 0.890. The Bertz CT molecular complexity index is 621. The summed E-state index contributed by atoms with van der Waals surface area (Å²) in [4.78, 5) is 26.7. The second kappa shape index (κ2) is 7.53. The first-order valence-corrected chi connectivity index (χ1v) is 7.76. The van der Waals surface area contributed by atoms with Crippen LogP contribution in [0.4, 0.5) is 10.7 Å². The lowest BCUT2D eigenvalue weighted by molar-refractivity contribution is 0.234. The third-order valence-corrected chi connectivity index (χ3v) is 3.77. The van der Waals surface area contributed by atoms with Gasteiger partial charge in [0.2, 0.25) is 5.95 Å². The van der Waals surface area contributed by atoms with Gasteiger partial charge in [0.15, 0.2) is 0 Å². The number of nitrogens with zero attached hydrogens (tertiary/aromatic N) is 4. The van der Waals surface area contributed by atoms with Crippen LogP contribution in [-0.2, 0) is 6.54 Å². The average Bonchev–Trinajstić information content (AvgIpc) is 2.62. The summed E-state index contributed by atoms with van der Waals surface area (Å²) in [6.45, 7) is 2.11. The van der Waals surface area contributed by atoms with Crippen LogP contribution in [-0.4, -0.2) is 40.1 Å². The van der Waals surface area contributed by atoms with Crippen molar-refractivity contribution in [3.05, 3.63) is 48.5 Å². The number of hydrogen-bond donors (Lipinski definition) is 2. The van der Waals surface area contributed by atoms with E-state index in [-0.39, 0.29) is 12.1 Å². The number of hydrogen-bond acceptors (Lipinski definition) is 5. The van der Waals surface area contributed by atoms with Gasteiger partial charge in [-0.05, 0) is 30.5 Å². The van der Waals surface area contributed by atoms with Crippen LogP contribution in [0.15, 0.2) is 43.0 Å². The fourth-order valence-corrected chi connectivity index (χ4v) is 2.65. The van der Waals surface area contributed by atoms with E-state index in [0.717, 1.165) is 37.4 Å². The van der Waals surface area contributed by atoms with Gasteiger partial charge in [-0.15, -0.1) is 0 Å². The molecule has 2 aromatic heterocycles. The summed E-state index contributed by atoms with van der Waals surface area (Å²) in [5.41, 5.74) is 0.977. The van der Waals surface area contributed by atoms with E-state index in [9.17, 15) is 4.79 Å². The van der Waals surface area contributed by atoms with Gasteiger partial charge in [-0.25, -0.2) is 14.8 Å². The third-order valence-electron chi connectivity index (χ3n) is 3.77. The Hall–Kier alpha value is -2.70. The molecule has 2 amide bonds. The van der Waals surface area contributed by atoms with Crippen molar-refractivity contribution in [2.24, 2.45) is 0 Å². The number of piperidine rings is 1. The van der Waals surface area contributed by atoms with E-state index in [0.29, 0.717) is 6.54 Å². The number of anilines is 1. The molecule has 23 heavy (non-hydrogen) atoms. The van der Waals surface area contributed by atoms with Crippen molar-refractivity contribution in [1.29, 1.82) is 0 Å². The van der Waals surface area contributed by atoms with Gasteiger partial charge in [0, 0.05) is 50.5 Å². The lowest BCUT2D eigenvalue weighted by Gasteiger charge is -2.33. The Morgan fingerprint density at radius 1 is 1.26 bits per heavy atom. The molecular formula is C16H20N6O. The predicted molar refractivity (Wildman–Crippen MR) is 86.9 cm³/mol. The molecule has 1 aliphatic heterocycles. The average molecular weight is 312 g/mol. The zero-order valence-electron chi connectivity index (χ0n) is 12.9. The van der Waals surface area contributed by atoms with Crippen molar-refractivity contribution in [2.75, 3.05) is 18.0 Å². The number of aromatic nitrogens is 3. The molecule has 3 rings (SSSR count). The summed E-state index contributed by atoms with van der Waals surface area (Å²) >= 11 is 0. The van der Waals surface area contributed by atoms with E-state index >= 15 is 0 Å². The highest BCUT2D eigenvalue weighted by molar-refractivity contribution is 5.74. The molecule has 1 saturated heterocycles. The van der Waals surface area contributed by atoms with Crippen molar-refractivity contribution in [2.45, 2.75) is 25.4 Å². The minimum absolute atomic E-state index is 0.0986. The van der Waals surface area contributed by atoms with Crippen LogP contribution in [0.25, 0.3) is 0 Å². The van der Waals surface area contributed by atoms with Crippen LogP contribution < -0.4 is 15.5 Å². The van der Waals surface area contributed by atoms with Crippen LogP contribution in [0.5, 0.6) is 0 Å². The van der Waals surface area contributed by atoms with Gasteiger partial charge in [0.25, 0.3) is 0 Å². The molecule has 2 aromatic rings. The zero-order valence-corrected chi connectivity index (χ0v) is 12.9. The first-order valence-electron chi connectivity index (χ1n) is 7.76. The molecule has 0 aromatic carbocycles. The maximum atomic E-state index is 12.0. The standard InChI is InChI=1S/C16H20N6O/c23-16(20-11-13-4-1-6-17-10-13)21-14-5-2-9-22(12-14)15-18-7-3-8-19-15/h1,3-4,6-8,10,14H,2,5,9,11-12H2,(H2,20,21,23)/t14-/m1/s1. The van der Waals surface area contributed by atoms with E-state index in [1.165, 1.54) is 0 Å². The summed E-state index contributed by atoms with van der Waals surface area (Å²) < 4.78 is 0. The van der Waals surface area contributed by atoms with Crippen molar-refractivity contribution in [1.82, 2.24) is 25.6 Å². The van der Waals surface area contributed by atoms with Crippen LogP contribution in [0.1, 0.15) is 18.4 Å². The molecule has 1 aliphatic rings. The van der Waals surface area contributed by atoms with Crippen LogP contribution in [0, 0.1) is 0 Å². The Kier molecular flexibility index (Phi) is 4.98. The van der Waals surface area contributed by atoms with Crippen LogP contribution >= 0.6 is 0 Å². The molecule has 0 radical (unpaired) electrons. The monoisotopic (exact) mass is 312 g/mol. The van der Waals surface area contributed by atoms with E-state index in [1.54, 1.807) is 30.9 Å². The van der Waals surface area contributed by atoms with Gasteiger partial charge in [-0.3, -0.25) is 4.98 Å². The molecule has 120 valence electrons. The molecule has 0 bridgehead atoms. The Labute approximate surface area is 135 Å². The Morgan fingerprint density at radius 2 is 2.13 bits per heavy atom. The van der Waals surface area contributed by atoms with Crippen molar-refractivity contribution in [3.63, 3.8) is 0 Å². The Balaban J connectivity index is 1.48. The van der Waals surface area contributed by atoms with Gasteiger partial charge in [-0.1, -0.05) is 6.07 Å². The predicted octanol–water partition coefficient (Wildman–Crippen LogP) is 1.34. The first-order chi connectivity index (χ1) is 11.3. The van der Waals surface area contributed by atoms with Crippen molar-refractivity contribution >= 4 is 12.0 Å². The zero-order chi connectivity index (χ0) is 15.9. The first kappa shape index (κ1) is 15.2. The lowest BCUT2D eigenvalue weighted by Crippen LogP contribution is -2.50. The second-order valence-electron chi connectivity index (χ2n) is 5.52. The molecule has 0 saturated carbocycles. The number of amides is 2. The van der Waals surface area contributed by atoms with Gasteiger partial charge in [0.05, 0.1) is 0 Å². The van der Waals surface area contributed by atoms with Gasteiger partial charge >= 0.3 is 6.03 Å². The summed E-state index contributed by atoms with van der Waals surface area (Å²) in [5, 5.41) is 5.88. The van der Waals surface area contributed by atoms with Crippen LogP contribution in [0.3, 0.4) is 0 Å². The highest BCUT2D eigenvalue weighted by Gasteiger charge is 2.22. The van der Waals surface area contributed by atoms with E-state index in [2.05, 4.69) is 30.5 Å². The minimum atomic E-state index is -0.158. The lowest BCUT2D eigenvalue weighted by atomic mass is 10.1. The number of carbonyl (C=O) groups excluding carboxylic acids is 1. The fraction of sp³-hybridized carbons (Fsp3) is 0.375. The topological polar surface area (TPSA) is 83.0 Å². The number of nitrogens with one attached hydrogen (secondary N) is 2. The molecule has 1 fully saturated rings. The fourth-order valence-electron chi connectivity index (χ4n) is 2.65. The molecule has 7 nitrogen and oxygen atoms in total. The highest BCUT2D eigenvalue weighted by atomic mass is 16.2. The summed E-state index contributed by atoms with van der Waals surface area (Å²) in [7, 11) is 0. The normalized spacial score (nSPS) is 17.6. The molecular weight excluding hydrogens is 292 g/mol. The van der Waals surface area contributed by atoms with Crippen molar-refractivity contribution < 1.29 is 4.79 Å². The van der Waals surface area contributed by atoms with E-state index in [4.69, 9.17) is 0 Å². The number of carbonyl (C=O) groups is 1. The van der Waals surface area contributed by atoms with E-state index < -0.39 is 0 Å². The third kappa shape index (κ3) is 4.38. The SMILES string of the molecule is O=C(NCc1cccnc1)N[C@@H]1CCCN(c2ncccn2)C1. The van der Waals surface area contributed by atoms with Crippen molar-refractivity contribution in [3.8, 4) is 0 Å². The second-order valence-corrected chi connectivity index (χ2v) is 5.52. The maximum absolute atomic E-state index is 12.0. The van der Waals surface area contributed by atoms with Crippen LogP contribution in [0.2, 0.25) is 0 Å². The molecule has 1 atom stereocenters. The van der Waals surface area contributed by atoms with Gasteiger partial charge in [0.1, 0.15) is 0 Å². The number of urea groups is 1. The highest BCUT2D eigenvalue weighted by Crippen LogP contribution is 2.15. The molecule has 0 unspecified atom stereocenters.